The van der Waals surface area contributed by atoms with Gasteiger partial charge < -0.3 is 19.5 Å². The molecule has 1 N–H and O–H groups in total. The standard InChI is InChI=1S/C14H15ClFNO5/c1-8(22-11-3-2-9(16)6-10(11)15)13(18)17-4-5-21-12(7-17)14(19)20/h2-3,6,8,12H,4-5,7H2,1H3,(H,19,20)/t8-,12-/m0/s1. The van der Waals surface area contributed by atoms with Crippen molar-refractivity contribution in [2.24, 2.45) is 0 Å². The summed E-state index contributed by atoms with van der Waals surface area (Å²) >= 11 is 5.84. The van der Waals surface area contributed by atoms with E-state index in [2.05, 4.69) is 0 Å². The highest BCUT2D eigenvalue weighted by atomic mass is 35.5. The van der Waals surface area contributed by atoms with Crippen molar-refractivity contribution in [1.29, 1.82) is 0 Å². The number of amides is 1. The van der Waals surface area contributed by atoms with Crippen LogP contribution in [0.3, 0.4) is 0 Å². The molecule has 0 bridgehead atoms. The molecule has 1 aliphatic rings. The molecular formula is C14H15ClFNO5. The Labute approximate surface area is 131 Å². The van der Waals surface area contributed by atoms with Gasteiger partial charge in [-0.2, -0.15) is 0 Å². The number of carbonyl (C=O) groups is 2. The minimum Gasteiger partial charge on any atom is -0.479 e. The Hall–Kier alpha value is -1.86. The van der Waals surface area contributed by atoms with Gasteiger partial charge in [-0.25, -0.2) is 9.18 Å². The maximum absolute atomic E-state index is 13.0. The Morgan fingerprint density at radius 3 is 2.91 bits per heavy atom. The minimum atomic E-state index is -1.12. The predicted molar refractivity (Wildman–Crippen MR) is 75.5 cm³/mol. The molecule has 1 amide bonds. The van der Waals surface area contributed by atoms with Crippen molar-refractivity contribution in [3.63, 3.8) is 0 Å². The van der Waals surface area contributed by atoms with Crippen LogP contribution in [-0.4, -0.2) is 53.8 Å². The van der Waals surface area contributed by atoms with E-state index < -0.39 is 24.0 Å². The van der Waals surface area contributed by atoms with Gasteiger partial charge in [-0.05, 0) is 25.1 Å². The normalized spacial score (nSPS) is 19.6. The number of rotatable bonds is 4. The van der Waals surface area contributed by atoms with Crippen molar-refractivity contribution >= 4 is 23.5 Å². The van der Waals surface area contributed by atoms with Crippen LogP contribution in [0.1, 0.15) is 6.92 Å². The van der Waals surface area contributed by atoms with Gasteiger partial charge in [0.15, 0.2) is 12.2 Å². The zero-order valence-electron chi connectivity index (χ0n) is 11.8. The molecule has 1 heterocycles. The van der Waals surface area contributed by atoms with E-state index in [0.717, 1.165) is 6.07 Å². The number of aliphatic carboxylic acids is 1. The van der Waals surface area contributed by atoms with Crippen molar-refractivity contribution in [1.82, 2.24) is 4.90 Å². The maximum Gasteiger partial charge on any atom is 0.334 e. The third kappa shape index (κ3) is 3.86. The molecule has 8 heteroatoms. The summed E-state index contributed by atoms with van der Waals surface area (Å²) in [5.74, 6) is -1.82. The summed E-state index contributed by atoms with van der Waals surface area (Å²) in [5, 5.41) is 8.99. The summed E-state index contributed by atoms with van der Waals surface area (Å²) < 4.78 is 23.5. The predicted octanol–water partition coefficient (Wildman–Crippen LogP) is 1.56. The number of benzene rings is 1. The minimum absolute atomic E-state index is 0.0426. The fraction of sp³-hybridized carbons (Fsp3) is 0.429. The molecule has 22 heavy (non-hydrogen) atoms. The number of morpholine rings is 1. The van der Waals surface area contributed by atoms with Crippen LogP contribution in [0.15, 0.2) is 18.2 Å². The second kappa shape index (κ2) is 6.93. The molecule has 0 radical (unpaired) electrons. The van der Waals surface area contributed by atoms with E-state index >= 15 is 0 Å². The van der Waals surface area contributed by atoms with Crippen molar-refractivity contribution in [2.45, 2.75) is 19.1 Å². The molecule has 0 unspecified atom stereocenters. The third-order valence-electron chi connectivity index (χ3n) is 3.20. The molecule has 1 aromatic carbocycles. The summed E-state index contributed by atoms with van der Waals surface area (Å²) in [7, 11) is 0. The number of hydrogen-bond donors (Lipinski definition) is 1. The number of carbonyl (C=O) groups excluding carboxylic acids is 1. The second-order valence-electron chi connectivity index (χ2n) is 4.82. The molecule has 1 fully saturated rings. The van der Waals surface area contributed by atoms with Crippen molar-refractivity contribution in [2.75, 3.05) is 19.7 Å². The lowest BCUT2D eigenvalue weighted by Crippen LogP contribution is -2.51. The lowest BCUT2D eigenvalue weighted by atomic mass is 10.2. The fourth-order valence-electron chi connectivity index (χ4n) is 2.07. The molecule has 1 aliphatic heterocycles. The number of nitrogens with zero attached hydrogens (tertiary/aromatic N) is 1. The van der Waals surface area contributed by atoms with Crippen LogP contribution >= 0.6 is 11.6 Å². The van der Waals surface area contributed by atoms with Crippen LogP contribution in [0.25, 0.3) is 0 Å². The lowest BCUT2D eigenvalue weighted by Gasteiger charge is -2.32. The lowest BCUT2D eigenvalue weighted by molar-refractivity contribution is -0.161. The number of carboxylic acids is 1. The molecule has 2 rings (SSSR count). The second-order valence-corrected chi connectivity index (χ2v) is 5.22. The van der Waals surface area contributed by atoms with Crippen molar-refractivity contribution in [3.05, 3.63) is 29.0 Å². The quantitative estimate of drug-likeness (QED) is 0.906. The van der Waals surface area contributed by atoms with Crippen LogP contribution in [0, 0.1) is 5.82 Å². The zero-order chi connectivity index (χ0) is 16.3. The molecule has 0 aromatic heterocycles. The van der Waals surface area contributed by atoms with E-state index in [1.54, 1.807) is 0 Å². The molecular weight excluding hydrogens is 317 g/mol. The first-order chi connectivity index (χ1) is 10.4. The Morgan fingerprint density at radius 2 is 2.27 bits per heavy atom. The monoisotopic (exact) mass is 331 g/mol. The summed E-state index contributed by atoms with van der Waals surface area (Å²) in [5.41, 5.74) is 0. The van der Waals surface area contributed by atoms with Gasteiger partial charge in [0.2, 0.25) is 0 Å². The average Bonchev–Trinajstić information content (AvgIpc) is 2.49. The summed E-state index contributed by atoms with van der Waals surface area (Å²) in [6, 6.07) is 3.59. The highest BCUT2D eigenvalue weighted by Crippen LogP contribution is 2.26. The van der Waals surface area contributed by atoms with Gasteiger partial charge >= 0.3 is 5.97 Å². The highest BCUT2D eigenvalue weighted by Gasteiger charge is 2.31. The molecule has 6 nitrogen and oxygen atoms in total. The summed E-state index contributed by atoms with van der Waals surface area (Å²) in [4.78, 5) is 24.6. The average molecular weight is 332 g/mol. The highest BCUT2D eigenvalue weighted by molar-refractivity contribution is 6.32. The van der Waals surface area contributed by atoms with E-state index in [4.69, 9.17) is 26.2 Å². The first kappa shape index (κ1) is 16.5. The third-order valence-corrected chi connectivity index (χ3v) is 3.49. The molecule has 1 aromatic rings. The van der Waals surface area contributed by atoms with Gasteiger partial charge in [-0.15, -0.1) is 0 Å². The van der Waals surface area contributed by atoms with Gasteiger partial charge in [0, 0.05) is 6.54 Å². The van der Waals surface area contributed by atoms with Crippen LogP contribution in [0.4, 0.5) is 4.39 Å². The first-order valence-corrected chi connectivity index (χ1v) is 7.01. The molecule has 0 aliphatic carbocycles. The Morgan fingerprint density at radius 1 is 1.55 bits per heavy atom. The van der Waals surface area contributed by atoms with E-state index in [1.165, 1.54) is 24.0 Å². The number of hydrogen-bond acceptors (Lipinski definition) is 4. The topological polar surface area (TPSA) is 76.1 Å². The van der Waals surface area contributed by atoms with E-state index in [9.17, 15) is 14.0 Å². The zero-order valence-corrected chi connectivity index (χ0v) is 12.5. The molecule has 2 atom stereocenters. The smallest absolute Gasteiger partial charge is 0.334 e. The van der Waals surface area contributed by atoms with Crippen LogP contribution in [0.2, 0.25) is 5.02 Å². The molecule has 0 spiro atoms. The summed E-state index contributed by atoms with van der Waals surface area (Å²) in [6.45, 7) is 1.91. The van der Waals surface area contributed by atoms with Crippen molar-refractivity contribution < 1.29 is 28.6 Å². The molecule has 120 valence electrons. The molecule has 0 saturated carbocycles. The van der Waals surface area contributed by atoms with E-state index in [0.29, 0.717) is 0 Å². The Kier molecular flexibility index (Phi) is 5.20. The Bertz CT molecular complexity index is 582. The van der Waals surface area contributed by atoms with Gasteiger partial charge in [0.1, 0.15) is 11.6 Å². The fourth-order valence-corrected chi connectivity index (χ4v) is 2.28. The number of halogens is 2. The van der Waals surface area contributed by atoms with Gasteiger partial charge in [0.25, 0.3) is 5.91 Å². The SMILES string of the molecule is C[C@H](Oc1ccc(F)cc1Cl)C(=O)N1CCO[C@H](C(=O)O)C1. The molecule has 1 saturated heterocycles. The first-order valence-electron chi connectivity index (χ1n) is 6.63. The van der Waals surface area contributed by atoms with E-state index in [1.807, 2.05) is 0 Å². The maximum atomic E-state index is 13.0. The van der Waals surface area contributed by atoms with Gasteiger partial charge in [-0.3, -0.25) is 4.79 Å². The van der Waals surface area contributed by atoms with Crippen LogP contribution in [0.5, 0.6) is 5.75 Å². The largest absolute Gasteiger partial charge is 0.479 e. The Balaban J connectivity index is 2.01. The number of ether oxygens (including phenoxy) is 2. The van der Waals surface area contributed by atoms with Crippen LogP contribution < -0.4 is 4.74 Å². The van der Waals surface area contributed by atoms with Crippen molar-refractivity contribution in [3.8, 4) is 5.75 Å². The summed E-state index contributed by atoms with van der Waals surface area (Å²) in [6.07, 6.45) is -1.92. The van der Waals surface area contributed by atoms with Crippen LogP contribution in [-0.2, 0) is 14.3 Å². The number of carboxylic acid groups (broad SMARTS) is 1. The van der Waals surface area contributed by atoms with Gasteiger partial charge in [-0.1, -0.05) is 11.6 Å². The van der Waals surface area contributed by atoms with E-state index in [-0.39, 0.29) is 36.4 Å². The van der Waals surface area contributed by atoms with Gasteiger partial charge in [0.05, 0.1) is 18.2 Å².